The van der Waals surface area contributed by atoms with Crippen molar-refractivity contribution in [2.75, 3.05) is 0 Å². The zero-order valence-electron chi connectivity index (χ0n) is 14.2. The van der Waals surface area contributed by atoms with Crippen molar-refractivity contribution in [3.05, 3.63) is 58.2 Å². The molecule has 124 valence electrons. The second-order valence-electron chi connectivity index (χ2n) is 6.02. The molecule has 0 unspecified atom stereocenters. The van der Waals surface area contributed by atoms with Crippen LogP contribution in [0.3, 0.4) is 0 Å². The van der Waals surface area contributed by atoms with Gasteiger partial charge in [0.25, 0.3) is 0 Å². The predicted molar refractivity (Wildman–Crippen MR) is 94.2 cm³/mol. The molecule has 0 bridgehead atoms. The minimum absolute atomic E-state index is 0.176. The quantitative estimate of drug-likeness (QED) is 0.719. The lowest BCUT2D eigenvalue weighted by molar-refractivity contribution is 0.0967. The minimum atomic E-state index is -0.639. The molecule has 0 saturated carbocycles. The topological polar surface area (TPSA) is 86.2 Å². The van der Waals surface area contributed by atoms with Crippen LogP contribution < -0.4 is 11.5 Å². The van der Waals surface area contributed by atoms with Crippen molar-refractivity contribution < 1.29 is 9.59 Å². The van der Waals surface area contributed by atoms with Crippen molar-refractivity contribution in [1.29, 1.82) is 0 Å². The van der Waals surface area contributed by atoms with E-state index in [0.717, 1.165) is 31.2 Å². The molecule has 1 aromatic carbocycles. The van der Waals surface area contributed by atoms with E-state index in [1.54, 1.807) is 12.1 Å². The molecule has 0 radical (unpaired) electrons. The maximum Gasteiger partial charge on any atom is 0.249 e. The van der Waals surface area contributed by atoms with Crippen LogP contribution in [-0.2, 0) is 6.42 Å². The van der Waals surface area contributed by atoms with Crippen molar-refractivity contribution in [3.8, 4) is 0 Å². The fraction of sp³-hybridized carbons (Fsp3) is 0.368. The summed E-state index contributed by atoms with van der Waals surface area (Å²) >= 11 is 0. The molecule has 1 aromatic rings. The van der Waals surface area contributed by atoms with Gasteiger partial charge in [-0.05, 0) is 64.2 Å². The van der Waals surface area contributed by atoms with Crippen LogP contribution in [0.4, 0.5) is 0 Å². The number of primary amides is 2. The number of hydrogen-bond acceptors (Lipinski definition) is 2. The number of carbonyl (C=O) groups excluding carboxylic acids is 2. The van der Waals surface area contributed by atoms with E-state index < -0.39 is 11.8 Å². The average Bonchev–Trinajstić information content (AvgIpc) is 2.46. The van der Waals surface area contributed by atoms with E-state index in [4.69, 9.17) is 11.5 Å². The molecule has 4 nitrogen and oxygen atoms in total. The summed E-state index contributed by atoms with van der Waals surface area (Å²) < 4.78 is 0. The molecular weight excluding hydrogens is 288 g/mol. The van der Waals surface area contributed by atoms with Crippen LogP contribution in [0.5, 0.6) is 0 Å². The molecule has 0 atom stereocenters. The van der Waals surface area contributed by atoms with Crippen molar-refractivity contribution in [2.24, 2.45) is 11.5 Å². The highest BCUT2D eigenvalue weighted by atomic mass is 16.2. The Morgan fingerprint density at radius 3 is 2.17 bits per heavy atom. The molecule has 2 amide bonds. The summed E-state index contributed by atoms with van der Waals surface area (Å²) in [5.74, 6) is -1.27. The first-order valence-corrected chi connectivity index (χ1v) is 7.82. The Morgan fingerprint density at radius 2 is 1.61 bits per heavy atom. The second-order valence-corrected chi connectivity index (χ2v) is 6.02. The van der Waals surface area contributed by atoms with Gasteiger partial charge in [0.15, 0.2) is 0 Å². The van der Waals surface area contributed by atoms with Crippen molar-refractivity contribution in [1.82, 2.24) is 0 Å². The van der Waals surface area contributed by atoms with Crippen LogP contribution in [0, 0.1) is 0 Å². The molecule has 4 N–H and O–H groups in total. The summed E-state index contributed by atoms with van der Waals surface area (Å²) in [6.07, 6.45) is 8.24. The van der Waals surface area contributed by atoms with Gasteiger partial charge < -0.3 is 11.5 Å². The maximum absolute atomic E-state index is 11.4. The van der Waals surface area contributed by atoms with Crippen molar-refractivity contribution in [2.45, 2.75) is 46.5 Å². The maximum atomic E-state index is 11.4. The lowest BCUT2D eigenvalue weighted by atomic mass is 9.99. The van der Waals surface area contributed by atoms with E-state index in [1.165, 1.54) is 11.1 Å². The molecule has 0 saturated heterocycles. The number of hydrogen-bond donors (Lipinski definition) is 2. The van der Waals surface area contributed by atoms with Crippen molar-refractivity contribution in [3.63, 3.8) is 0 Å². The van der Waals surface area contributed by atoms with E-state index in [9.17, 15) is 9.59 Å². The number of amides is 2. The standard InChI is InChI=1S/C19H26N2O2/c1-13(2)6-4-7-14(3)8-5-9-15-10-11-16(18(20)22)17(12-15)19(21)23/h6,8,10-12H,4-5,7,9H2,1-3H3,(H2,20,22)(H2,21,23). The van der Waals surface area contributed by atoms with Gasteiger partial charge >= 0.3 is 0 Å². The molecule has 4 heteroatoms. The Morgan fingerprint density at radius 1 is 0.957 bits per heavy atom. The number of allylic oxidation sites excluding steroid dienone is 4. The fourth-order valence-electron chi connectivity index (χ4n) is 2.34. The van der Waals surface area contributed by atoms with Gasteiger partial charge in [-0.25, -0.2) is 0 Å². The average molecular weight is 314 g/mol. The summed E-state index contributed by atoms with van der Waals surface area (Å²) in [6.45, 7) is 6.33. The van der Waals surface area contributed by atoms with Gasteiger partial charge in [0.1, 0.15) is 0 Å². The fourth-order valence-corrected chi connectivity index (χ4v) is 2.34. The zero-order valence-corrected chi connectivity index (χ0v) is 14.2. The lowest BCUT2D eigenvalue weighted by Gasteiger charge is -2.06. The highest BCUT2D eigenvalue weighted by molar-refractivity contribution is 6.06. The molecule has 0 aromatic heterocycles. The molecule has 0 heterocycles. The molecule has 0 fully saturated rings. The smallest absolute Gasteiger partial charge is 0.249 e. The normalized spacial score (nSPS) is 11.2. The van der Waals surface area contributed by atoms with Crippen LogP contribution in [0.15, 0.2) is 41.5 Å². The first-order chi connectivity index (χ1) is 10.8. The number of carbonyl (C=O) groups is 2. The Bertz CT molecular complexity index is 639. The second kappa shape index (κ2) is 8.93. The molecule has 0 aliphatic carbocycles. The van der Waals surface area contributed by atoms with E-state index >= 15 is 0 Å². The summed E-state index contributed by atoms with van der Waals surface area (Å²) in [5, 5.41) is 0. The van der Waals surface area contributed by atoms with Crippen LogP contribution in [0.2, 0.25) is 0 Å². The van der Waals surface area contributed by atoms with Gasteiger partial charge in [-0.3, -0.25) is 9.59 Å². The van der Waals surface area contributed by atoms with Gasteiger partial charge in [0.05, 0.1) is 11.1 Å². The largest absolute Gasteiger partial charge is 0.366 e. The van der Waals surface area contributed by atoms with Crippen LogP contribution in [-0.4, -0.2) is 11.8 Å². The third-order valence-electron chi connectivity index (χ3n) is 3.63. The molecule has 23 heavy (non-hydrogen) atoms. The summed E-state index contributed by atoms with van der Waals surface area (Å²) in [7, 11) is 0. The van der Waals surface area contributed by atoms with Crippen LogP contribution in [0.1, 0.15) is 66.3 Å². The van der Waals surface area contributed by atoms with Crippen molar-refractivity contribution >= 4 is 11.8 Å². The summed E-state index contributed by atoms with van der Waals surface area (Å²) in [6, 6.07) is 5.05. The number of benzene rings is 1. The van der Waals surface area contributed by atoms with Crippen LogP contribution >= 0.6 is 0 Å². The number of nitrogens with two attached hydrogens (primary N) is 2. The van der Waals surface area contributed by atoms with Gasteiger partial charge in [0.2, 0.25) is 11.8 Å². The number of rotatable bonds is 8. The predicted octanol–water partition coefficient (Wildman–Crippen LogP) is 3.51. The van der Waals surface area contributed by atoms with Gasteiger partial charge in [-0.2, -0.15) is 0 Å². The molecule has 1 rings (SSSR count). The van der Waals surface area contributed by atoms with Gasteiger partial charge in [-0.1, -0.05) is 29.4 Å². The third kappa shape index (κ3) is 6.51. The molecule has 0 spiro atoms. The Hall–Kier alpha value is -2.36. The van der Waals surface area contributed by atoms with Gasteiger partial charge in [0, 0.05) is 0 Å². The molecule has 0 aliphatic heterocycles. The monoisotopic (exact) mass is 314 g/mol. The third-order valence-corrected chi connectivity index (χ3v) is 3.63. The Labute approximate surface area is 138 Å². The van der Waals surface area contributed by atoms with E-state index in [2.05, 4.69) is 32.9 Å². The first kappa shape index (κ1) is 18.7. The zero-order chi connectivity index (χ0) is 17.4. The number of aryl methyl sites for hydroxylation is 1. The SMILES string of the molecule is CC(C)=CCCC(C)=CCCc1ccc(C(N)=O)c(C(N)=O)c1. The Balaban J connectivity index is 2.68. The van der Waals surface area contributed by atoms with E-state index in [0.29, 0.717) is 0 Å². The minimum Gasteiger partial charge on any atom is -0.366 e. The van der Waals surface area contributed by atoms with Gasteiger partial charge in [-0.15, -0.1) is 0 Å². The van der Waals surface area contributed by atoms with E-state index in [-0.39, 0.29) is 11.1 Å². The van der Waals surface area contributed by atoms with E-state index in [1.807, 2.05) is 6.07 Å². The lowest BCUT2D eigenvalue weighted by Crippen LogP contribution is -2.20. The summed E-state index contributed by atoms with van der Waals surface area (Å²) in [4.78, 5) is 22.7. The Kier molecular flexibility index (Phi) is 7.26. The highest BCUT2D eigenvalue weighted by Gasteiger charge is 2.13. The highest BCUT2D eigenvalue weighted by Crippen LogP contribution is 2.14. The molecule has 0 aliphatic rings. The molecular formula is C19H26N2O2. The summed E-state index contributed by atoms with van der Waals surface area (Å²) in [5.41, 5.74) is 14.6. The first-order valence-electron chi connectivity index (χ1n) is 7.82. The van der Waals surface area contributed by atoms with Crippen LogP contribution in [0.25, 0.3) is 0 Å².